The van der Waals surface area contributed by atoms with Crippen molar-refractivity contribution in [1.82, 2.24) is 10.6 Å². The second kappa shape index (κ2) is 10.2. The van der Waals surface area contributed by atoms with E-state index in [1.807, 2.05) is 20.8 Å². The average Bonchev–Trinajstić information content (AvgIpc) is 2.33. The molecule has 3 N–H and O–H groups in total. The Balaban J connectivity index is 4.05. The molecule has 0 heterocycles. The lowest BCUT2D eigenvalue weighted by Crippen LogP contribution is -2.48. The summed E-state index contributed by atoms with van der Waals surface area (Å²) < 4.78 is 5.26. The van der Waals surface area contributed by atoms with E-state index in [0.29, 0.717) is 13.2 Å². The number of imide groups is 1. The maximum atomic E-state index is 11.6. The Hall–Kier alpha value is -1.63. The van der Waals surface area contributed by atoms with Crippen molar-refractivity contribution in [1.29, 1.82) is 0 Å². The fraction of sp³-hybridized carbons (Fsp3) is 0.769. The van der Waals surface area contributed by atoms with Gasteiger partial charge >= 0.3 is 12.0 Å². The molecule has 0 aliphatic carbocycles. The predicted molar refractivity (Wildman–Crippen MR) is 73.3 cm³/mol. The molecule has 0 aliphatic heterocycles. The van der Waals surface area contributed by atoms with E-state index < -0.39 is 17.9 Å². The van der Waals surface area contributed by atoms with Gasteiger partial charge in [-0.05, 0) is 19.3 Å². The van der Waals surface area contributed by atoms with Crippen LogP contribution in [0.4, 0.5) is 4.79 Å². The Bertz CT molecular complexity index is 331. The zero-order valence-electron chi connectivity index (χ0n) is 12.3. The van der Waals surface area contributed by atoms with Gasteiger partial charge in [-0.1, -0.05) is 13.8 Å². The third-order valence-corrected chi connectivity index (χ3v) is 2.67. The van der Waals surface area contributed by atoms with Crippen LogP contribution in [0, 0.1) is 5.92 Å². The number of hydrogen-bond donors (Lipinski definition) is 3. The van der Waals surface area contributed by atoms with Crippen LogP contribution in [-0.4, -0.2) is 42.3 Å². The van der Waals surface area contributed by atoms with Crippen molar-refractivity contribution in [3.05, 3.63) is 0 Å². The van der Waals surface area contributed by atoms with Crippen molar-refractivity contribution in [2.45, 2.75) is 46.1 Å². The number of amides is 3. The van der Waals surface area contributed by atoms with Crippen molar-refractivity contribution in [2.75, 3.05) is 13.2 Å². The first-order chi connectivity index (χ1) is 9.36. The lowest BCUT2D eigenvalue weighted by Gasteiger charge is -2.22. The minimum Gasteiger partial charge on any atom is -0.481 e. The number of carboxylic acid groups (broad SMARTS) is 1. The summed E-state index contributed by atoms with van der Waals surface area (Å²) >= 11 is 0. The number of rotatable bonds is 9. The molecule has 0 aromatic carbocycles. The normalized spacial score (nSPS) is 12.0. The summed E-state index contributed by atoms with van der Waals surface area (Å²) in [6, 6.07) is -0.759. The van der Waals surface area contributed by atoms with E-state index in [9.17, 15) is 14.4 Å². The molecule has 0 aromatic heterocycles. The molecule has 0 fully saturated rings. The molecule has 0 aromatic rings. The SMILES string of the molecule is CCOCC(NC(=O)NC(=O)CCCC(=O)O)C(C)C. The van der Waals surface area contributed by atoms with Crippen LogP contribution in [0.25, 0.3) is 0 Å². The highest BCUT2D eigenvalue weighted by atomic mass is 16.5. The summed E-state index contributed by atoms with van der Waals surface area (Å²) in [4.78, 5) is 33.3. The van der Waals surface area contributed by atoms with Gasteiger partial charge in [-0.2, -0.15) is 0 Å². The second-order valence-electron chi connectivity index (χ2n) is 4.78. The summed E-state index contributed by atoms with van der Waals surface area (Å²) in [5.41, 5.74) is 0. The molecule has 0 spiro atoms. The van der Waals surface area contributed by atoms with Gasteiger partial charge in [0, 0.05) is 19.4 Å². The second-order valence-corrected chi connectivity index (χ2v) is 4.78. The van der Waals surface area contributed by atoms with Crippen molar-refractivity contribution >= 4 is 17.9 Å². The first-order valence-corrected chi connectivity index (χ1v) is 6.76. The van der Waals surface area contributed by atoms with Crippen molar-refractivity contribution in [2.24, 2.45) is 5.92 Å². The maximum Gasteiger partial charge on any atom is 0.321 e. The molecule has 0 radical (unpaired) electrons. The highest BCUT2D eigenvalue weighted by Gasteiger charge is 2.17. The Labute approximate surface area is 119 Å². The molecule has 116 valence electrons. The number of nitrogens with one attached hydrogen (secondary N) is 2. The highest BCUT2D eigenvalue weighted by molar-refractivity contribution is 5.94. The zero-order valence-corrected chi connectivity index (χ0v) is 12.3. The highest BCUT2D eigenvalue weighted by Crippen LogP contribution is 2.02. The number of hydrogen-bond acceptors (Lipinski definition) is 4. The number of aliphatic carboxylic acids is 1. The third-order valence-electron chi connectivity index (χ3n) is 2.67. The topological polar surface area (TPSA) is 105 Å². The zero-order chi connectivity index (χ0) is 15.5. The van der Waals surface area contributed by atoms with Crippen LogP contribution < -0.4 is 10.6 Å². The lowest BCUT2D eigenvalue weighted by atomic mass is 10.1. The molecule has 0 bridgehead atoms. The largest absolute Gasteiger partial charge is 0.481 e. The minimum absolute atomic E-state index is 0.0114. The van der Waals surface area contributed by atoms with Gasteiger partial charge in [-0.3, -0.25) is 14.9 Å². The molecule has 0 saturated carbocycles. The maximum absolute atomic E-state index is 11.6. The first kappa shape index (κ1) is 18.4. The number of carbonyl (C=O) groups is 3. The summed E-state index contributed by atoms with van der Waals surface area (Å²) in [6.45, 7) is 6.69. The summed E-state index contributed by atoms with van der Waals surface area (Å²) in [6.07, 6.45) is 0.131. The molecular formula is C13H24N2O5. The van der Waals surface area contributed by atoms with Crippen LogP contribution in [-0.2, 0) is 14.3 Å². The van der Waals surface area contributed by atoms with Crippen LogP contribution in [0.2, 0.25) is 0 Å². The number of carboxylic acids is 1. The molecule has 1 unspecified atom stereocenters. The van der Waals surface area contributed by atoms with E-state index in [1.54, 1.807) is 0 Å². The van der Waals surface area contributed by atoms with Crippen LogP contribution in [0.15, 0.2) is 0 Å². The molecule has 3 amide bonds. The van der Waals surface area contributed by atoms with Gasteiger partial charge in [0.05, 0.1) is 12.6 Å². The van der Waals surface area contributed by atoms with Gasteiger partial charge < -0.3 is 15.2 Å². The fourth-order valence-electron chi connectivity index (χ4n) is 1.44. The van der Waals surface area contributed by atoms with Gasteiger partial charge in [0.25, 0.3) is 0 Å². The fourth-order valence-corrected chi connectivity index (χ4v) is 1.44. The third kappa shape index (κ3) is 9.32. The van der Waals surface area contributed by atoms with Crippen molar-refractivity contribution < 1.29 is 24.2 Å². The summed E-state index contributed by atoms with van der Waals surface area (Å²) in [7, 11) is 0. The molecule has 0 rings (SSSR count). The smallest absolute Gasteiger partial charge is 0.321 e. The molecule has 20 heavy (non-hydrogen) atoms. The van der Waals surface area contributed by atoms with Crippen LogP contribution in [0.3, 0.4) is 0 Å². The number of urea groups is 1. The van der Waals surface area contributed by atoms with E-state index in [4.69, 9.17) is 9.84 Å². The van der Waals surface area contributed by atoms with E-state index in [0.717, 1.165) is 0 Å². The van der Waals surface area contributed by atoms with Crippen molar-refractivity contribution in [3.8, 4) is 0 Å². The molecule has 1 atom stereocenters. The molecular weight excluding hydrogens is 264 g/mol. The Morgan fingerprint density at radius 3 is 2.35 bits per heavy atom. The summed E-state index contributed by atoms with van der Waals surface area (Å²) in [5.74, 6) is -1.27. The summed E-state index contributed by atoms with van der Waals surface area (Å²) in [5, 5.41) is 13.3. The Morgan fingerprint density at radius 2 is 1.85 bits per heavy atom. The molecule has 7 heteroatoms. The molecule has 0 saturated heterocycles. The average molecular weight is 288 g/mol. The predicted octanol–water partition coefficient (Wildman–Crippen LogP) is 1.13. The van der Waals surface area contributed by atoms with Crippen LogP contribution >= 0.6 is 0 Å². The Kier molecular flexibility index (Phi) is 9.36. The Morgan fingerprint density at radius 1 is 1.20 bits per heavy atom. The van der Waals surface area contributed by atoms with Crippen LogP contribution in [0.5, 0.6) is 0 Å². The minimum atomic E-state index is -0.959. The molecule has 7 nitrogen and oxygen atoms in total. The first-order valence-electron chi connectivity index (χ1n) is 6.76. The van der Waals surface area contributed by atoms with E-state index in [-0.39, 0.29) is 31.2 Å². The van der Waals surface area contributed by atoms with E-state index in [1.165, 1.54) is 0 Å². The monoisotopic (exact) mass is 288 g/mol. The van der Waals surface area contributed by atoms with Gasteiger partial charge in [-0.25, -0.2) is 4.79 Å². The quantitative estimate of drug-likeness (QED) is 0.590. The van der Waals surface area contributed by atoms with Gasteiger partial charge in [0.1, 0.15) is 0 Å². The van der Waals surface area contributed by atoms with Gasteiger partial charge in [0.15, 0.2) is 0 Å². The van der Waals surface area contributed by atoms with Gasteiger partial charge in [-0.15, -0.1) is 0 Å². The van der Waals surface area contributed by atoms with Gasteiger partial charge in [0.2, 0.25) is 5.91 Å². The number of carbonyl (C=O) groups excluding carboxylic acids is 2. The number of ether oxygens (including phenoxy) is 1. The van der Waals surface area contributed by atoms with Crippen LogP contribution in [0.1, 0.15) is 40.0 Å². The lowest BCUT2D eigenvalue weighted by molar-refractivity contribution is -0.137. The standard InChI is InChI=1S/C13H24N2O5/c1-4-20-8-10(9(2)3)14-13(19)15-11(16)6-5-7-12(17)18/h9-10H,4-8H2,1-3H3,(H,17,18)(H2,14,15,16,19). The van der Waals surface area contributed by atoms with Crippen molar-refractivity contribution in [3.63, 3.8) is 0 Å². The van der Waals surface area contributed by atoms with E-state index in [2.05, 4.69) is 10.6 Å². The molecule has 0 aliphatic rings. The van der Waals surface area contributed by atoms with E-state index >= 15 is 0 Å².